The summed E-state index contributed by atoms with van der Waals surface area (Å²) in [6.07, 6.45) is 0.931. The zero-order valence-electron chi connectivity index (χ0n) is 12.9. The van der Waals surface area contributed by atoms with Crippen LogP contribution in [-0.2, 0) is 4.74 Å². The average Bonchev–Trinajstić information content (AvgIpc) is 2.48. The minimum atomic E-state index is -0.243. The second-order valence-corrected chi connectivity index (χ2v) is 5.22. The fraction of sp³-hybridized carbons (Fsp3) is 0.625. The summed E-state index contributed by atoms with van der Waals surface area (Å²) in [4.78, 5) is 0. The van der Waals surface area contributed by atoms with Gasteiger partial charge in [-0.2, -0.15) is 0 Å². The van der Waals surface area contributed by atoms with Gasteiger partial charge in [-0.25, -0.2) is 0 Å². The number of hydrogen-bond acceptors (Lipinski definition) is 4. The molecule has 1 aromatic carbocycles. The summed E-state index contributed by atoms with van der Waals surface area (Å²) < 4.78 is 17.2. The number of nitrogens with one attached hydrogen (secondary N) is 1. The quantitative estimate of drug-likeness (QED) is 0.869. The average molecular weight is 279 g/mol. The highest BCUT2D eigenvalue weighted by Gasteiger charge is 2.34. The van der Waals surface area contributed by atoms with Gasteiger partial charge in [-0.1, -0.05) is 13.0 Å². The first-order valence-electron chi connectivity index (χ1n) is 7.35. The van der Waals surface area contributed by atoms with Crippen molar-refractivity contribution >= 4 is 0 Å². The highest BCUT2D eigenvalue weighted by atomic mass is 16.6. The van der Waals surface area contributed by atoms with E-state index in [1.54, 1.807) is 0 Å². The molecule has 1 aromatic rings. The molecule has 0 saturated carbocycles. The van der Waals surface area contributed by atoms with Gasteiger partial charge >= 0.3 is 0 Å². The molecule has 2 unspecified atom stereocenters. The highest BCUT2D eigenvalue weighted by Crippen LogP contribution is 2.37. The summed E-state index contributed by atoms with van der Waals surface area (Å²) in [5.74, 6) is 1.65. The van der Waals surface area contributed by atoms with Gasteiger partial charge in [0.15, 0.2) is 11.5 Å². The first-order chi connectivity index (χ1) is 9.64. The number of rotatable bonds is 6. The van der Waals surface area contributed by atoms with Gasteiger partial charge in [0, 0.05) is 6.61 Å². The van der Waals surface area contributed by atoms with Crippen molar-refractivity contribution in [2.75, 3.05) is 26.9 Å². The summed E-state index contributed by atoms with van der Waals surface area (Å²) in [5, 5.41) is 3.38. The van der Waals surface area contributed by atoms with Gasteiger partial charge in [-0.05, 0) is 45.0 Å². The van der Waals surface area contributed by atoms with Crippen molar-refractivity contribution in [2.24, 2.45) is 0 Å². The van der Waals surface area contributed by atoms with Crippen LogP contribution in [0.15, 0.2) is 18.2 Å². The van der Waals surface area contributed by atoms with E-state index >= 15 is 0 Å². The molecular formula is C16H25NO3. The van der Waals surface area contributed by atoms with Crippen molar-refractivity contribution in [3.05, 3.63) is 23.8 Å². The van der Waals surface area contributed by atoms with Crippen molar-refractivity contribution in [3.63, 3.8) is 0 Å². The van der Waals surface area contributed by atoms with Crippen LogP contribution in [0.25, 0.3) is 0 Å². The molecule has 0 amide bonds. The zero-order chi connectivity index (χ0) is 14.6. The maximum atomic E-state index is 6.00. The lowest BCUT2D eigenvalue weighted by Gasteiger charge is -2.37. The highest BCUT2D eigenvalue weighted by molar-refractivity contribution is 5.45. The molecule has 2 rings (SSSR count). The molecule has 0 fully saturated rings. The number of hydrogen-bond donors (Lipinski definition) is 1. The van der Waals surface area contributed by atoms with E-state index in [0.29, 0.717) is 19.8 Å². The van der Waals surface area contributed by atoms with Gasteiger partial charge in [0.05, 0.1) is 11.6 Å². The molecule has 4 heteroatoms. The maximum Gasteiger partial charge on any atom is 0.161 e. The molecule has 0 saturated heterocycles. The van der Waals surface area contributed by atoms with Gasteiger partial charge < -0.3 is 19.5 Å². The fourth-order valence-corrected chi connectivity index (χ4v) is 2.78. The van der Waals surface area contributed by atoms with Gasteiger partial charge in [-0.3, -0.25) is 0 Å². The standard InChI is InChI=1S/C16H25NO3/c1-5-16(3,20-6-2)15(17-4)12-7-8-13-14(11-12)19-10-9-18-13/h7-8,11,15,17H,5-6,9-10H2,1-4H3. The normalized spacial score (nSPS) is 18.4. The van der Waals surface area contributed by atoms with E-state index in [1.807, 2.05) is 20.0 Å². The van der Waals surface area contributed by atoms with Gasteiger partial charge in [-0.15, -0.1) is 0 Å². The SMILES string of the molecule is CCOC(C)(CC)C(NC)c1ccc2c(c1)OCCO2. The van der Waals surface area contributed by atoms with Crippen LogP contribution in [0.5, 0.6) is 11.5 Å². The first kappa shape index (κ1) is 15.1. The van der Waals surface area contributed by atoms with Crippen LogP contribution in [0.1, 0.15) is 38.8 Å². The Labute approximate surface area is 121 Å². The number of likely N-dealkylation sites (N-methyl/N-ethyl adjacent to an activating group) is 1. The number of ether oxygens (including phenoxy) is 3. The Hall–Kier alpha value is -1.26. The van der Waals surface area contributed by atoms with Crippen LogP contribution in [-0.4, -0.2) is 32.5 Å². The molecule has 1 aliphatic heterocycles. The zero-order valence-corrected chi connectivity index (χ0v) is 12.9. The van der Waals surface area contributed by atoms with Crippen LogP contribution in [0, 0.1) is 0 Å². The van der Waals surface area contributed by atoms with Gasteiger partial charge in [0.1, 0.15) is 13.2 Å². The number of fused-ring (bicyclic) bond motifs is 1. The summed E-state index contributed by atoms with van der Waals surface area (Å²) in [6, 6.07) is 6.24. The minimum absolute atomic E-state index is 0.114. The van der Waals surface area contributed by atoms with Crippen LogP contribution in [0.3, 0.4) is 0 Å². The molecule has 20 heavy (non-hydrogen) atoms. The smallest absolute Gasteiger partial charge is 0.161 e. The summed E-state index contributed by atoms with van der Waals surface area (Å²) in [5.41, 5.74) is 0.919. The third-order valence-electron chi connectivity index (χ3n) is 3.97. The van der Waals surface area contributed by atoms with E-state index in [9.17, 15) is 0 Å². The van der Waals surface area contributed by atoms with Crippen molar-refractivity contribution in [1.82, 2.24) is 5.32 Å². The van der Waals surface area contributed by atoms with E-state index in [4.69, 9.17) is 14.2 Å². The molecule has 1 aliphatic rings. The Kier molecular flexibility index (Phi) is 4.89. The lowest BCUT2D eigenvalue weighted by Crippen LogP contribution is -2.42. The van der Waals surface area contributed by atoms with E-state index < -0.39 is 0 Å². The van der Waals surface area contributed by atoms with Crippen molar-refractivity contribution in [1.29, 1.82) is 0 Å². The molecule has 1 heterocycles. The second-order valence-electron chi connectivity index (χ2n) is 5.22. The largest absolute Gasteiger partial charge is 0.486 e. The Morgan fingerprint density at radius 1 is 1.25 bits per heavy atom. The Morgan fingerprint density at radius 2 is 1.95 bits per heavy atom. The second kappa shape index (κ2) is 6.46. The van der Waals surface area contributed by atoms with Crippen molar-refractivity contribution < 1.29 is 14.2 Å². The Morgan fingerprint density at radius 3 is 2.55 bits per heavy atom. The fourth-order valence-electron chi connectivity index (χ4n) is 2.78. The molecule has 0 aromatic heterocycles. The molecule has 0 aliphatic carbocycles. The third-order valence-corrected chi connectivity index (χ3v) is 3.97. The van der Waals surface area contributed by atoms with Crippen LogP contribution in [0.4, 0.5) is 0 Å². The molecule has 0 spiro atoms. The molecule has 4 nitrogen and oxygen atoms in total. The lowest BCUT2D eigenvalue weighted by molar-refractivity contribution is -0.0547. The third kappa shape index (κ3) is 2.91. The first-order valence-corrected chi connectivity index (χ1v) is 7.35. The topological polar surface area (TPSA) is 39.7 Å². The van der Waals surface area contributed by atoms with E-state index in [1.165, 1.54) is 0 Å². The monoisotopic (exact) mass is 279 g/mol. The molecule has 0 radical (unpaired) electrons. The predicted molar refractivity (Wildman–Crippen MR) is 79.6 cm³/mol. The number of benzene rings is 1. The van der Waals surface area contributed by atoms with Crippen molar-refractivity contribution in [3.8, 4) is 11.5 Å². The van der Waals surface area contributed by atoms with E-state index in [2.05, 4.69) is 31.3 Å². The molecule has 1 N–H and O–H groups in total. The minimum Gasteiger partial charge on any atom is -0.486 e. The lowest BCUT2D eigenvalue weighted by atomic mass is 9.87. The molecule has 0 bridgehead atoms. The van der Waals surface area contributed by atoms with Crippen LogP contribution < -0.4 is 14.8 Å². The summed E-state index contributed by atoms with van der Waals surface area (Å²) >= 11 is 0. The molecule has 112 valence electrons. The van der Waals surface area contributed by atoms with E-state index in [0.717, 1.165) is 23.5 Å². The maximum absolute atomic E-state index is 6.00. The van der Waals surface area contributed by atoms with Crippen LogP contribution in [0.2, 0.25) is 0 Å². The van der Waals surface area contributed by atoms with E-state index in [-0.39, 0.29) is 11.6 Å². The van der Waals surface area contributed by atoms with Crippen molar-refractivity contribution in [2.45, 2.75) is 38.8 Å². The molecule has 2 atom stereocenters. The summed E-state index contributed by atoms with van der Waals surface area (Å²) in [6.45, 7) is 8.26. The van der Waals surface area contributed by atoms with Crippen LogP contribution >= 0.6 is 0 Å². The summed E-state index contributed by atoms with van der Waals surface area (Å²) in [7, 11) is 1.97. The Balaban J connectivity index is 2.31. The Bertz CT molecular complexity index is 449. The van der Waals surface area contributed by atoms with Gasteiger partial charge in [0.2, 0.25) is 0 Å². The predicted octanol–water partition coefficient (Wildman–Crippen LogP) is 2.92. The van der Waals surface area contributed by atoms with Gasteiger partial charge in [0.25, 0.3) is 0 Å². The molecular weight excluding hydrogens is 254 g/mol.